The monoisotopic (exact) mass is 190 g/mol. The van der Waals surface area contributed by atoms with E-state index < -0.39 is 16.6 Å². The molecule has 5 heteroatoms. The van der Waals surface area contributed by atoms with Crippen LogP contribution in [-0.4, -0.2) is 13.0 Å². The molecule has 0 aliphatic heterocycles. The van der Waals surface area contributed by atoms with Crippen molar-refractivity contribution in [2.75, 3.05) is 0 Å². The standard InChI is InChI=1S/C7H6BClF2O/c8-7(9,12)5-2-1-4(10)3-6(5)11/h1-3,12H,8H2. The Bertz CT molecular complexity index is 298. The van der Waals surface area contributed by atoms with Crippen LogP contribution in [0.1, 0.15) is 5.56 Å². The lowest BCUT2D eigenvalue weighted by Crippen LogP contribution is -2.19. The van der Waals surface area contributed by atoms with Crippen LogP contribution < -0.4 is 0 Å². The van der Waals surface area contributed by atoms with Gasteiger partial charge in [0.1, 0.15) is 16.6 Å². The van der Waals surface area contributed by atoms with E-state index in [0.29, 0.717) is 6.07 Å². The summed E-state index contributed by atoms with van der Waals surface area (Å²) < 4.78 is 25.2. The second kappa shape index (κ2) is 3.03. The Labute approximate surface area is 74.4 Å². The average molecular weight is 190 g/mol. The van der Waals surface area contributed by atoms with Crippen molar-refractivity contribution >= 4 is 19.4 Å². The van der Waals surface area contributed by atoms with Crippen molar-refractivity contribution in [3.05, 3.63) is 35.4 Å². The van der Waals surface area contributed by atoms with Gasteiger partial charge in [-0.1, -0.05) is 11.6 Å². The molecule has 0 aliphatic rings. The molecule has 0 amide bonds. The van der Waals surface area contributed by atoms with Crippen LogP contribution in [0.5, 0.6) is 0 Å². The van der Waals surface area contributed by atoms with Crippen LogP contribution in [0.15, 0.2) is 18.2 Å². The van der Waals surface area contributed by atoms with Crippen LogP contribution >= 0.6 is 11.6 Å². The van der Waals surface area contributed by atoms with Crippen molar-refractivity contribution in [2.45, 2.75) is 4.96 Å². The number of alkyl halides is 1. The smallest absolute Gasteiger partial charge is 0.169 e. The summed E-state index contributed by atoms with van der Waals surface area (Å²) in [7, 11) is 1.21. The molecule has 0 radical (unpaired) electrons. The second-order valence-corrected chi connectivity index (χ2v) is 3.31. The lowest BCUT2D eigenvalue weighted by atomic mass is 9.91. The summed E-state index contributed by atoms with van der Waals surface area (Å²) in [5, 5.41) is 9.16. The maximum Gasteiger partial charge on any atom is 0.169 e. The van der Waals surface area contributed by atoms with Crippen LogP contribution in [0.4, 0.5) is 8.78 Å². The van der Waals surface area contributed by atoms with E-state index in [0.717, 1.165) is 12.1 Å². The van der Waals surface area contributed by atoms with E-state index in [4.69, 9.17) is 16.7 Å². The predicted octanol–water partition coefficient (Wildman–Crippen LogP) is 0.939. The molecule has 1 aromatic carbocycles. The molecule has 0 saturated heterocycles. The molecular weight excluding hydrogens is 184 g/mol. The number of rotatable bonds is 1. The molecule has 64 valence electrons. The van der Waals surface area contributed by atoms with Gasteiger partial charge in [0.05, 0.1) is 0 Å². The summed E-state index contributed by atoms with van der Waals surface area (Å²) >= 11 is 5.41. The maximum absolute atomic E-state index is 12.9. The predicted molar refractivity (Wildman–Crippen MR) is 44.7 cm³/mol. The second-order valence-electron chi connectivity index (χ2n) is 2.58. The first-order valence-electron chi connectivity index (χ1n) is 3.28. The first-order valence-corrected chi connectivity index (χ1v) is 3.66. The van der Waals surface area contributed by atoms with Crippen molar-refractivity contribution in [1.29, 1.82) is 0 Å². The number of hydrogen-bond donors (Lipinski definition) is 1. The molecule has 1 nitrogen and oxygen atoms in total. The minimum atomic E-state index is -1.79. The third kappa shape index (κ3) is 1.96. The van der Waals surface area contributed by atoms with E-state index in [1.807, 2.05) is 0 Å². The highest BCUT2D eigenvalue weighted by Gasteiger charge is 2.22. The molecule has 1 aromatic rings. The van der Waals surface area contributed by atoms with Crippen LogP contribution in [-0.2, 0) is 4.96 Å². The Morgan fingerprint density at radius 2 is 2.00 bits per heavy atom. The third-order valence-corrected chi connectivity index (χ3v) is 1.63. The number of hydrogen-bond acceptors (Lipinski definition) is 1. The molecule has 1 rings (SSSR count). The molecule has 12 heavy (non-hydrogen) atoms. The zero-order valence-electron chi connectivity index (χ0n) is 6.31. The molecule has 0 aliphatic carbocycles. The van der Waals surface area contributed by atoms with Gasteiger partial charge in [-0.05, 0) is 12.1 Å². The minimum absolute atomic E-state index is 0.134. The molecule has 0 heterocycles. The van der Waals surface area contributed by atoms with Crippen LogP contribution in [0.2, 0.25) is 0 Å². The van der Waals surface area contributed by atoms with Gasteiger partial charge in [0.2, 0.25) is 0 Å². The van der Waals surface area contributed by atoms with Gasteiger partial charge >= 0.3 is 0 Å². The summed E-state index contributed by atoms with van der Waals surface area (Å²) in [5.74, 6) is -1.55. The number of aliphatic hydroxyl groups is 1. The van der Waals surface area contributed by atoms with Crippen molar-refractivity contribution in [2.24, 2.45) is 0 Å². The van der Waals surface area contributed by atoms with E-state index in [1.165, 1.54) is 7.85 Å². The molecule has 0 saturated carbocycles. The van der Waals surface area contributed by atoms with Gasteiger partial charge in [-0.3, -0.25) is 0 Å². The average Bonchev–Trinajstić information content (AvgIpc) is 1.83. The molecule has 1 unspecified atom stereocenters. The summed E-state index contributed by atoms with van der Waals surface area (Å²) in [6, 6.07) is 2.82. The highest BCUT2D eigenvalue weighted by molar-refractivity contribution is 6.42. The van der Waals surface area contributed by atoms with Crippen LogP contribution in [0, 0.1) is 11.6 Å². The fourth-order valence-electron chi connectivity index (χ4n) is 0.860. The lowest BCUT2D eigenvalue weighted by Gasteiger charge is -2.15. The maximum atomic E-state index is 12.9. The van der Waals surface area contributed by atoms with Gasteiger partial charge in [0.25, 0.3) is 0 Å². The van der Waals surface area contributed by atoms with E-state index in [1.54, 1.807) is 0 Å². The lowest BCUT2D eigenvalue weighted by molar-refractivity contribution is 0.212. The minimum Gasteiger partial charge on any atom is -0.379 e. The Morgan fingerprint density at radius 3 is 2.42 bits per heavy atom. The van der Waals surface area contributed by atoms with E-state index in [-0.39, 0.29) is 5.56 Å². The van der Waals surface area contributed by atoms with Crippen LogP contribution in [0.25, 0.3) is 0 Å². The fourth-order valence-corrected chi connectivity index (χ4v) is 1.01. The normalized spacial score (nSPS) is 15.7. The van der Waals surface area contributed by atoms with E-state index >= 15 is 0 Å². The Morgan fingerprint density at radius 1 is 1.42 bits per heavy atom. The Hall–Kier alpha value is -0.605. The van der Waals surface area contributed by atoms with Gasteiger partial charge < -0.3 is 5.11 Å². The van der Waals surface area contributed by atoms with Crippen molar-refractivity contribution in [3.8, 4) is 0 Å². The molecular formula is C7H6BClF2O. The van der Waals surface area contributed by atoms with Gasteiger partial charge in [0.15, 0.2) is 7.85 Å². The first kappa shape index (κ1) is 9.48. The highest BCUT2D eigenvalue weighted by atomic mass is 35.5. The zero-order valence-corrected chi connectivity index (χ0v) is 7.07. The first-order chi connectivity index (χ1) is 5.41. The quantitative estimate of drug-likeness (QED) is 0.516. The Balaban J connectivity index is 3.19. The van der Waals surface area contributed by atoms with Crippen molar-refractivity contribution < 1.29 is 13.9 Å². The van der Waals surface area contributed by atoms with Gasteiger partial charge in [-0.15, -0.1) is 0 Å². The summed E-state index contributed by atoms with van der Waals surface area (Å²) in [5.41, 5.74) is -0.134. The topological polar surface area (TPSA) is 20.2 Å². The molecule has 1 atom stereocenters. The van der Waals surface area contributed by atoms with Crippen molar-refractivity contribution in [1.82, 2.24) is 0 Å². The molecule has 0 aromatic heterocycles. The molecule has 0 spiro atoms. The van der Waals surface area contributed by atoms with E-state index in [2.05, 4.69) is 0 Å². The largest absolute Gasteiger partial charge is 0.379 e. The molecule has 1 N–H and O–H groups in total. The summed E-state index contributed by atoms with van der Waals surface area (Å²) in [6.07, 6.45) is 0. The van der Waals surface area contributed by atoms with Gasteiger partial charge in [-0.25, -0.2) is 8.78 Å². The molecule has 0 bridgehead atoms. The number of benzene rings is 1. The van der Waals surface area contributed by atoms with E-state index in [9.17, 15) is 8.78 Å². The molecule has 0 fully saturated rings. The number of halogens is 3. The zero-order chi connectivity index (χ0) is 9.35. The Kier molecular flexibility index (Phi) is 2.40. The van der Waals surface area contributed by atoms with Gasteiger partial charge in [-0.2, -0.15) is 0 Å². The van der Waals surface area contributed by atoms with Crippen molar-refractivity contribution in [3.63, 3.8) is 0 Å². The summed E-state index contributed by atoms with van der Waals surface area (Å²) in [6.45, 7) is 0. The third-order valence-electron chi connectivity index (χ3n) is 1.42. The van der Waals surface area contributed by atoms with Gasteiger partial charge in [0, 0.05) is 11.6 Å². The fraction of sp³-hybridized carbons (Fsp3) is 0.143. The van der Waals surface area contributed by atoms with Crippen LogP contribution in [0.3, 0.4) is 0 Å². The highest BCUT2D eigenvalue weighted by Crippen LogP contribution is 2.24. The SMILES string of the molecule is BC(O)(Cl)c1ccc(F)cc1F. The summed E-state index contributed by atoms with van der Waals surface area (Å²) in [4.78, 5) is -1.79.